The number of anilines is 1. The van der Waals surface area contributed by atoms with Crippen LogP contribution in [0.1, 0.15) is 71.7 Å². The first-order valence-electron chi connectivity index (χ1n) is 13.7. The molecule has 4 heterocycles. The first kappa shape index (κ1) is 28.4. The second-order valence-electron chi connectivity index (χ2n) is 11.4. The lowest BCUT2D eigenvalue weighted by Gasteiger charge is -2.38. The number of benzene rings is 1. The van der Waals surface area contributed by atoms with Gasteiger partial charge in [0.2, 0.25) is 5.91 Å². The van der Waals surface area contributed by atoms with Crippen molar-refractivity contribution in [1.82, 2.24) is 30.8 Å². The molecule has 0 bridgehead atoms. The summed E-state index contributed by atoms with van der Waals surface area (Å²) < 4.78 is 55.1. The number of carbonyl (C=O) groups excluding carboxylic acids is 2. The summed E-state index contributed by atoms with van der Waals surface area (Å²) in [5, 5.41) is 19.7. The van der Waals surface area contributed by atoms with E-state index in [1.54, 1.807) is 27.7 Å². The fourth-order valence-corrected chi connectivity index (χ4v) is 5.80. The number of aromatic nitrogens is 5. The van der Waals surface area contributed by atoms with Gasteiger partial charge in [0.25, 0.3) is 5.91 Å². The van der Waals surface area contributed by atoms with Gasteiger partial charge in [-0.3, -0.25) is 19.7 Å². The van der Waals surface area contributed by atoms with Gasteiger partial charge in [0.1, 0.15) is 23.2 Å². The number of hydrogen-bond donors (Lipinski definition) is 3. The molecule has 0 saturated heterocycles. The Morgan fingerprint density at radius 1 is 1.09 bits per heavy atom. The van der Waals surface area contributed by atoms with E-state index in [9.17, 15) is 18.4 Å². The summed E-state index contributed by atoms with van der Waals surface area (Å²) in [5.41, 5.74) is 1.32. The zero-order chi connectivity index (χ0) is 30.6. The number of nitrogens with one attached hydrogen (secondary N) is 3. The number of hydrogen-bond acceptors (Lipinski definition) is 8. The molecule has 1 aromatic carbocycles. The minimum absolute atomic E-state index is 0.0119. The predicted octanol–water partition coefficient (Wildman–Crippen LogP) is 4.71. The van der Waals surface area contributed by atoms with Crippen LogP contribution in [0.5, 0.6) is 5.75 Å². The average molecular weight is 596 g/mol. The van der Waals surface area contributed by atoms with Crippen LogP contribution in [0, 0.1) is 36.7 Å². The Hall–Kier alpha value is -4.75. The molecule has 3 N–H and O–H groups in total. The molecule has 0 radical (unpaired) electrons. The highest BCUT2D eigenvalue weighted by atomic mass is 19.1. The summed E-state index contributed by atoms with van der Waals surface area (Å²) in [7, 11) is 0. The minimum Gasteiger partial charge on any atom is -0.490 e. The Labute approximate surface area is 243 Å². The molecule has 14 heteroatoms. The second kappa shape index (κ2) is 10.5. The van der Waals surface area contributed by atoms with Crippen molar-refractivity contribution in [3.63, 3.8) is 0 Å². The molecule has 1 fully saturated rings. The molecule has 4 aromatic rings. The van der Waals surface area contributed by atoms with Crippen LogP contribution in [0.15, 0.2) is 29.0 Å². The molecule has 224 valence electrons. The summed E-state index contributed by atoms with van der Waals surface area (Å²) in [6.07, 6.45) is 2.46. The van der Waals surface area contributed by atoms with Gasteiger partial charge in [-0.05, 0) is 37.9 Å². The normalized spacial score (nSPS) is 17.3. The quantitative estimate of drug-likeness (QED) is 0.278. The summed E-state index contributed by atoms with van der Waals surface area (Å²) in [5.74, 6) is -5.31. The highest BCUT2D eigenvalue weighted by Gasteiger charge is 2.58. The maximum Gasteiger partial charge on any atom is 0.276 e. The van der Waals surface area contributed by atoms with Crippen LogP contribution in [0.4, 0.5) is 18.9 Å². The highest BCUT2D eigenvalue weighted by Crippen LogP contribution is 2.61. The van der Waals surface area contributed by atoms with Crippen molar-refractivity contribution in [2.24, 2.45) is 5.41 Å². The zero-order valence-electron chi connectivity index (χ0n) is 23.7. The van der Waals surface area contributed by atoms with Crippen LogP contribution >= 0.6 is 0 Å². The Morgan fingerprint density at radius 2 is 1.86 bits per heavy atom. The molecule has 2 aliphatic rings. The smallest absolute Gasteiger partial charge is 0.276 e. The predicted molar refractivity (Wildman–Crippen MR) is 146 cm³/mol. The van der Waals surface area contributed by atoms with E-state index < -0.39 is 46.6 Å². The number of rotatable bonds is 7. The monoisotopic (exact) mass is 595 g/mol. The molecule has 43 heavy (non-hydrogen) atoms. The third-order valence-electron chi connectivity index (χ3n) is 8.08. The molecular weight excluding hydrogens is 567 g/mol. The van der Waals surface area contributed by atoms with Gasteiger partial charge in [0, 0.05) is 46.2 Å². The average Bonchev–Trinajstić information content (AvgIpc) is 3.37. The molecule has 2 amide bonds. The fourth-order valence-electron chi connectivity index (χ4n) is 5.80. The number of fused-ring (bicyclic) bond motifs is 1. The number of H-pyrrole nitrogens is 1. The summed E-state index contributed by atoms with van der Waals surface area (Å²) in [6.45, 7) is 7.09. The molecular formula is C29H28F3N7O4. The lowest BCUT2D eigenvalue weighted by atomic mass is 9.75. The fraction of sp³-hybridized carbons (Fsp3) is 0.379. The van der Waals surface area contributed by atoms with Gasteiger partial charge in [-0.1, -0.05) is 19.0 Å². The lowest BCUT2D eigenvalue weighted by molar-refractivity contribution is -0.119. The third-order valence-corrected chi connectivity index (χ3v) is 8.08. The van der Waals surface area contributed by atoms with Crippen molar-refractivity contribution in [2.45, 2.75) is 58.4 Å². The number of carbonyl (C=O) groups is 2. The summed E-state index contributed by atoms with van der Waals surface area (Å²) in [4.78, 5) is 31.7. The number of ether oxygens (including phenoxy) is 1. The van der Waals surface area contributed by atoms with Gasteiger partial charge in [-0.15, -0.1) is 0 Å². The van der Waals surface area contributed by atoms with Crippen LogP contribution in [0.25, 0.3) is 11.3 Å². The SMILES string of the molecule is Cc1n[nH]c(C)c1-c1ncc(NC(=O)[C@@H](NC(=O)c2nonc2C(C)C)C2c3cc(F)cc(F)c3OCC23CC3)cc1F. The number of halogens is 3. The number of aromatic amines is 1. The van der Waals surface area contributed by atoms with E-state index in [4.69, 9.17) is 9.37 Å². The topological polar surface area (TPSA) is 148 Å². The lowest BCUT2D eigenvalue weighted by Crippen LogP contribution is -2.52. The van der Waals surface area contributed by atoms with Crippen molar-refractivity contribution >= 4 is 17.5 Å². The standard InChI is InChI=1S/C29H28F3N7O4/c1-12(2)22-25(39-43-38-22)28(41)35-24(21-17-7-15(30)8-19(32)26(17)42-11-29(21)5-6-29)27(40)34-16-9-18(31)23(33-10-16)20-13(3)36-37-14(20)4/h7-10,12,21,24H,5-6,11H2,1-4H3,(H,34,40)(H,35,41)(H,36,37)/t21?,24-/m0/s1. The minimum atomic E-state index is -1.38. The van der Waals surface area contributed by atoms with Crippen molar-refractivity contribution < 1.29 is 32.1 Å². The number of amides is 2. The van der Waals surface area contributed by atoms with Crippen molar-refractivity contribution in [3.8, 4) is 17.0 Å². The second-order valence-corrected chi connectivity index (χ2v) is 11.4. The van der Waals surface area contributed by atoms with Crippen LogP contribution in [-0.4, -0.2) is 50.0 Å². The molecule has 1 spiro atoms. The zero-order valence-corrected chi connectivity index (χ0v) is 23.7. The van der Waals surface area contributed by atoms with Crippen LogP contribution in [-0.2, 0) is 4.79 Å². The maximum atomic E-state index is 15.3. The van der Waals surface area contributed by atoms with Gasteiger partial charge in [-0.25, -0.2) is 17.8 Å². The highest BCUT2D eigenvalue weighted by molar-refractivity contribution is 6.01. The van der Waals surface area contributed by atoms with E-state index >= 15 is 4.39 Å². The van der Waals surface area contributed by atoms with Crippen LogP contribution < -0.4 is 15.4 Å². The first-order chi connectivity index (χ1) is 20.5. The van der Waals surface area contributed by atoms with E-state index in [0.717, 1.165) is 12.1 Å². The van der Waals surface area contributed by atoms with Crippen LogP contribution in [0.3, 0.4) is 0 Å². The van der Waals surface area contributed by atoms with Gasteiger partial charge in [-0.2, -0.15) is 5.10 Å². The number of pyridine rings is 1. The molecule has 3 aromatic heterocycles. The maximum absolute atomic E-state index is 15.3. The first-order valence-corrected chi connectivity index (χ1v) is 13.7. The van der Waals surface area contributed by atoms with E-state index in [0.29, 0.717) is 35.9 Å². The number of nitrogens with zero attached hydrogens (tertiary/aromatic N) is 4. The Morgan fingerprint density at radius 3 is 2.51 bits per heavy atom. The molecule has 11 nitrogen and oxygen atoms in total. The van der Waals surface area contributed by atoms with E-state index in [1.165, 1.54) is 6.20 Å². The Kier molecular flexibility index (Phi) is 6.93. The van der Waals surface area contributed by atoms with E-state index in [1.807, 2.05) is 0 Å². The molecule has 1 aliphatic heterocycles. The Bertz CT molecular complexity index is 1730. The molecule has 6 rings (SSSR count). The van der Waals surface area contributed by atoms with E-state index in [-0.39, 0.29) is 46.6 Å². The van der Waals surface area contributed by atoms with Gasteiger partial charge in [0.15, 0.2) is 23.1 Å². The van der Waals surface area contributed by atoms with Crippen LogP contribution in [0.2, 0.25) is 0 Å². The Balaban J connectivity index is 1.38. The van der Waals surface area contributed by atoms with Crippen molar-refractivity contribution in [2.75, 3.05) is 11.9 Å². The van der Waals surface area contributed by atoms with Crippen molar-refractivity contribution in [1.29, 1.82) is 0 Å². The van der Waals surface area contributed by atoms with E-state index in [2.05, 4.69) is 36.1 Å². The summed E-state index contributed by atoms with van der Waals surface area (Å²) in [6, 6.07) is 1.53. The van der Waals surface area contributed by atoms with Gasteiger partial charge < -0.3 is 15.4 Å². The molecule has 1 unspecified atom stereocenters. The third kappa shape index (κ3) is 5.00. The molecule has 2 atom stereocenters. The van der Waals surface area contributed by atoms with Crippen molar-refractivity contribution in [3.05, 3.63) is 70.2 Å². The van der Waals surface area contributed by atoms with Gasteiger partial charge >= 0.3 is 0 Å². The molecule has 1 aliphatic carbocycles. The largest absolute Gasteiger partial charge is 0.490 e. The molecule has 1 saturated carbocycles. The van der Waals surface area contributed by atoms with Gasteiger partial charge in [0.05, 0.1) is 24.2 Å². The number of aryl methyl sites for hydroxylation is 2. The summed E-state index contributed by atoms with van der Waals surface area (Å²) >= 11 is 0.